The molecule has 0 radical (unpaired) electrons. The zero-order valence-corrected chi connectivity index (χ0v) is 5.43. The highest BCUT2D eigenvalue weighted by Crippen LogP contribution is 1.71. The summed E-state index contributed by atoms with van der Waals surface area (Å²) in [4.78, 5) is 12.2. The Bertz CT molecular complexity index is 200. The maximum atomic E-state index is 10.0. The van der Waals surface area contributed by atoms with Crippen LogP contribution in [0.25, 0.3) is 0 Å². The molecule has 0 aliphatic rings. The summed E-state index contributed by atoms with van der Waals surface area (Å²) in [5.41, 5.74) is 4.60. The molecule has 0 aliphatic heterocycles. The van der Waals surface area contributed by atoms with E-state index in [1.54, 1.807) is 0 Å². The van der Waals surface area contributed by atoms with Crippen LogP contribution in [-0.4, -0.2) is 15.2 Å². The van der Waals surface area contributed by atoms with Crippen molar-refractivity contribution in [2.75, 3.05) is 5.73 Å². The average Bonchev–Trinajstić information content (AvgIpc) is 2.20. The number of nitrogens with one attached hydrogen (secondary N) is 2. The third-order valence-corrected chi connectivity index (χ3v) is 0.519. The number of nitrogens with two attached hydrogens (primary N) is 1. The molecular weight excluding hydrogens is 120 g/mol. The Morgan fingerprint density at radius 2 is 2.11 bits per heavy atom. The Labute approximate surface area is 52.3 Å². The number of hydrogen-bond acceptors (Lipinski definition) is 3. The number of nitrogens with zero attached hydrogens (tertiary/aromatic N) is 1. The highest BCUT2D eigenvalue weighted by Gasteiger charge is 1.83. The first-order chi connectivity index (χ1) is 4.29. The zero-order chi connectivity index (χ0) is 7.28. The zero-order valence-electron chi connectivity index (χ0n) is 5.43. The van der Waals surface area contributed by atoms with Gasteiger partial charge in [0, 0.05) is 0 Å². The second kappa shape index (κ2) is 3.71. The summed E-state index contributed by atoms with van der Waals surface area (Å²) in [6.07, 6.45) is 0. The van der Waals surface area contributed by atoms with Crippen LogP contribution in [0.2, 0.25) is 0 Å². The molecule has 4 N–H and O–H groups in total. The van der Waals surface area contributed by atoms with Crippen molar-refractivity contribution < 1.29 is 0 Å². The fraction of sp³-hybridized carbons (Fsp3) is 0.500. The second-order valence-corrected chi connectivity index (χ2v) is 1.06. The van der Waals surface area contributed by atoms with Crippen LogP contribution < -0.4 is 11.4 Å². The van der Waals surface area contributed by atoms with Gasteiger partial charge in [0.15, 0.2) is 0 Å². The van der Waals surface area contributed by atoms with Gasteiger partial charge in [-0.3, -0.25) is 4.98 Å². The number of aromatic amines is 2. The monoisotopic (exact) mass is 130 g/mol. The first-order valence-electron chi connectivity index (χ1n) is 2.69. The summed E-state index contributed by atoms with van der Waals surface area (Å²) >= 11 is 0. The summed E-state index contributed by atoms with van der Waals surface area (Å²) in [5, 5.41) is 5.38. The molecule has 0 fully saturated rings. The van der Waals surface area contributed by atoms with Crippen LogP contribution >= 0.6 is 0 Å². The third-order valence-electron chi connectivity index (χ3n) is 0.519. The molecule has 0 aliphatic carbocycles. The molecule has 0 saturated carbocycles. The average molecular weight is 130 g/mol. The fourth-order valence-corrected chi connectivity index (χ4v) is 0.283. The Balaban J connectivity index is 0.000000291. The van der Waals surface area contributed by atoms with Crippen molar-refractivity contribution in [2.45, 2.75) is 13.8 Å². The van der Waals surface area contributed by atoms with Crippen LogP contribution in [-0.2, 0) is 0 Å². The Morgan fingerprint density at radius 3 is 2.22 bits per heavy atom. The highest BCUT2D eigenvalue weighted by atomic mass is 16.1. The number of rotatable bonds is 0. The molecule has 52 valence electrons. The minimum atomic E-state index is -0.377. The molecule has 1 rings (SSSR count). The second-order valence-electron chi connectivity index (χ2n) is 1.06. The molecule has 1 heterocycles. The van der Waals surface area contributed by atoms with Crippen molar-refractivity contribution in [2.24, 2.45) is 0 Å². The fourth-order valence-electron chi connectivity index (χ4n) is 0.283. The van der Waals surface area contributed by atoms with Crippen LogP contribution in [0.15, 0.2) is 4.79 Å². The smallest absolute Gasteiger partial charge is 0.342 e. The quantitative estimate of drug-likeness (QED) is 0.450. The van der Waals surface area contributed by atoms with Crippen LogP contribution in [0.4, 0.5) is 5.95 Å². The Hall–Kier alpha value is -1.26. The molecule has 0 bridgehead atoms. The van der Waals surface area contributed by atoms with Gasteiger partial charge in [-0.2, -0.15) is 0 Å². The van der Waals surface area contributed by atoms with E-state index in [9.17, 15) is 4.79 Å². The normalized spacial score (nSPS) is 7.78. The summed E-state index contributed by atoms with van der Waals surface area (Å²) in [7, 11) is 0. The van der Waals surface area contributed by atoms with Gasteiger partial charge < -0.3 is 5.73 Å². The number of aromatic nitrogens is 3. The molecule has 5 nitrogen and oxygen atoms in total. The van der Waals surface area contributed by atoms with Gasteiger partial charge in [0.25, 0.3) is 0 Å². The first kappa shape index (κ1) is 7.74. The molecule has 5 heteroatoms. The van der Waals surface area contributed by atoms with E-state index in [-0.39, 0.29) is 11.6 Å². The van der Waals surface area contributed by atoms with Gasteiger partial charge in [-0.25, -0.2) is 9.89 Å². The van der Waals surface area contributed by atoms with Crippen LogP contribution in [0.3, 0.4) is 0 Å². The van der Waals surface area contributed by atoms with Gasteiger partial charge in [0.05, 0.1) is 0 Å². The van der Waals surface area contributed by atoms with Gasteiger partial charge in [-0.05, 0) is 0 Å². The third kappa shape index (κ3) is 2.53. The predicted octanol–water partition coefficient (Wildman–Crippen LogP) is -0.294. The standard InChI is InChI=1S/C2H4N4O.C2H6/c3-1-4-2(7)6-5-1;1-2/h(H4,3,4,5,6,7);1-2H3. The van der Waals surface area contributed by atoms with Crippen molar-refractivity contribution in [1.29, 1.82) is 0 Å². The molecule has 9 heavy (non-hydrogen) atoms. The number of H-pyrrole nitrogens is 2. The minimum Gasteiger partial charge on any atom is -0.368 e. The van der Waals surface area contributed by atoms with E-state index >= 15 is 0 Å². The Kier molecular flexibility index (Phi) is 3.19. The first-order valence-corrected chi connectivity index (χ1v) is 2.69. The SMILES string of the molecule is CC.Nc1n[nH]c(=O)[nH]1. The summed E-state index contributed by atoms with van der Waals surface area (Å²) in [5.74, 6) is 0.116. The van der Waals surface area contributed by atoms with E-state index in [2.05, 4.69) is 15.2 Å². The van der Waals surface area contributed by atoms with E-state index < -0.39 is 0 Å². The molecule has 0 atom stereocenters. The molecule has 1 aromatic rings. The molecule has 1 aromatic heterocycles. The highest BCUT2D eigenvalue weighted by molar-refractivity contribution is 5.08. The molecule has 0 amide bonds. The van der Waals surface area contributed by atoms with Crippen molar-refractivity contribution in [3.63, 3.8) is 0 Å². The van der Waals surface area contributed by atoms with E-state index in [1.807, 2.05) is 13.8 Å². The van der Waals surface area contributed by atoms with Crippen molar-refractivity contribution in [3.05, 3.63) is 10.5 Å². The summed E-state index contributed by atoms with van der Waals surface area (Å²) in [6.45, 7) is 4.00. The summed E-state index contributed by atoms with van der Waals surface area (Å²) < 4.78 is 0. The lowest BCUT2D eigenvalue weighted by Crippen LogP contribution is -2.00. The molecule has 0 spiro atoms. The summed E-state index contributed by atoms with van der Waals surface area (Å²) in [6, 6.07) is 0. The molecule has 0 unspecified atom stereocenters. The lowest BCUT2D eigenvalue weighted by molar-refractivity contribution is 1.05. The minimum absolute atomic E-state index is 0.116. The maximum Gasteiger partial charge on any atom is 0.342 e. The Morgan fingerprint density at radius 1 is 1.56 bits per heavy atom. The predicted molar refractivity (Wildman–Crippen MR) is 35.0 cm³/mol. The van der Waals surface area contributed by atoms with Crippen molar-refractivity contribution >= 4 is 5.95 Å². The van der Waals surface area contributed by atoms with E-state index in [0.29, 0.717) is 0 Å². The van der Waals surface area contributed by atoms with E-state index in [4.69, 9.17) is 5.73 Å². The number of nitrogen functional groups attached to an aromatic ring is 1. The van der Waals surface area contributed by atoms with Crippen LogP contribution in [0, 0.1) is 0 Å². The largest absolute Gasteiger partial charge is 0.368 e. The van der Waals surface area contributed by atoms with Gasteiger partial charge in [-0.15, -0.1) is 5.10 Å². The van der Waals surface area contributed by atoms with Crippen molar-refractivity contribution in [1.82, 2.24) is 15.2 Å². The lowest BCUT2D eigenvalue weighted by atomic mass is 11.0. The number of anilines is 1. The van der Waals surface area contributed by atoms with Gasteiger partial charge in [0.2, 0.25) is 5.95 Å². The lowest BCUT2D eigenvalue weighted by Gasteiger charge is -1.67. The van der Waals surface area contributed by atoms with Gasteiger partial charge in [-0.1, -0.05) is 13.8 Å². The van der Waals surface area contributed by atoms with Crippen molar-refractivity contribution in [3.8, 4) is 0 Å². The van der Waals surface area contributed by atoms with Gasteiger partial charge >= 0.3 is 5.69 Å². The van der Waals surface area contributed by atoms with E-state index in [0.717, 1.165) is 0 Å². The maximum absolute atomic E-state index is 10.0. The van der Waals surface area contributed by atoms with Gasteiger partial charge in [0.1, 0.15) is 0 Å². The molecule has 0 saturated heterocycles. The molecular formula is C4H10N4O. The van der Waals surface area contributed by atoms with Crippen LogP contribution in [0.1, 0.15) is 13.8 Å². The van der Waals surface area contributed by atoms with Crippen LogP contribution in [0.5, 0.6) is 0 Å². The number of hydrogen-bond donors (Lipinski definition) is 3. The van der Waals surface area contributed by atoms with E-state index in [1.165, 1.54) is 0 Å². The molecule has 0 aromatic carbocycles. The topological polar surface area (TPSA) is 87.6 Å².